The molecule has 0 amide bonds. The minimum Gasteiger partial charge on any atom is -0.360 e. The van der Waals surface area contributed by atoms with E-state index in [2.05, 4.69) is 36.9 Å². The number of aromatic amines is 1. The quantitative estimate of drug-likeness (QED) is 0.739. The van der Waals surface area contributed by atoms with E-state index in [-0.39, 0.29) is 0 Å². The summed E-state index contributed by atoms with van der Waals surface area (Å²) < 4.78 is 1.06. The van der Waals surface area contributed by atoms with E-state index in [0.717, 1.165) is 26.8 Å². The molecule has 2 heterocycles. The molecule has 16 heavy (non-hydrogen) atoms. The van der Waals surface area contributed by atoms with E-state index in [4.69, 9.17) is 0 Å². The average Bonchev–Trinajstić information content (AvgIpc) is 2.73. The maximum Gasteiger partial charge on any atom is 0.161 e. The molecule has 4 heteroatoms. The summed E-state index contributed by atoms with van der Waals surface area (Å²) in [6.45, 7) is 0. The van der Waals surface area contributed by atoms with Crippen molar-refractivity contribution in [2.45, 2.75) is 0 Å². The number of nitrogens with one attached hydrogen (secondary N) is 1. The van der Waals surface area contributed by atoms with Gasteiger partial charge in [0.2, 0.25) is 0 Å². The number of H-pyrrole nitrogens is 1. The fourth-order valence-corrected chi connectivity index (χ4v) is 2.08. The van der Waals surface area contributed by atoms with Crippen LogP contribution in [0.25, 0.3) is 22.3 Å². The number of nitrogens with zero attached hydrogens (tertiary/aromatic N) is 2. The molecule has 0 aliphatic carbocycles. The molecule has 3 nitrogen and oxygen atoms in total. The van der Waals surface area contributed by atoms with Crippen LogP contribution in [0.3, 0.4) is 0 Å². The third kappa shape index (κ3) is 1.51. The Morgan fingerprint density at radius 2 is 1.94 bits per heavy atom. The van der Waals surface area contributed by atoms with Gasteiger partial charge in [0.05, 0.1) is 0 Å². The Hall–Kier alpha value is -1.68. The highest BCUT2D eigenvalue weighted by Crippen LogP contribution is 2.27. The molecule has 0 atom stereocenters. The minimum atomic E-state index is 0.746. The van der Waals surface area contributed by atoms with E-state index >= 15 is 0 Å². The van der Waals surface area contributed by atoms with Gasteiger partial charge in [-0.05, 0) is 18.2 Å². The third-order valence-electron chi connectivity index (χ3n) is 2.45. The maximum absolute atomic E-state index is 4.25. The number of halogens is 1. The highest BCUT2D eigenvalue weighted by atomic mass is 79.9. The number of fused-ring (bicyclic) bond motifs is 1. The fourth-order valence-electron chi connectivity index (χ4n) is 1.72. The van der Waals surface area contributed by atoms with Crippen molar-refractivity contribution in [2.24, 2.45) is 0 Å². The largest absolute Gasteiger partial charge is 0.360 e. The van der Waals surface area contributed by atoms with E-state index in [1.54, 1.807) is 12.4 Å². The molecule has 3 rings (SSSR count). The van der Waals surface area contributed by atoms with Crippen LogP contribution < -0.4 is 0 Å². The molecule has 2 aromatic heterocycles. The van der Waals surface area contributed by atoms with Gasteiger partial charge >= 0.3 is 0 Å². The lowest BCUT2D eigenvalue weighted by Gasteiger charge is -1.96. The van der Waals surface area contributed by atoms with Gasteiger partial charge in [0.1, 0.15) is 0 Å². The molecule has 78 valence electrons. The van der Waals surface area contributed by atoms with Gasteiger partial charge < -0.3 is 4.98 Å². The Kier molecular flexibility index (Phi) is 2.22. The second-order valence-electron chi connectivity index (χ2n) is 3.46. The van der Waals surface area contributed by atoms with Crippen LogP contribution in [0, 0.1) is 0 Å². The predicted octanol–water partition coefficient (Wildman–Crippen LogP) is 3.39. The Morgan fingerprint density at radius 1 is 1.12 bits per heavy atom. The molecular weight excluding hydrogens is 266 g/mol. The number of benzene rings is 1. The first-order valence-corrected chi connectivity index (χ1v) is 5.68. The van der Waals surface area contributed by atoms with Crippen molar-refractivity contribution in [3.8, 4) is 11.4 Å². The first kappa shape index (κ1) is 9.54. The van der Waals surface area contributed by atoms with Crippen LogP contribution in [0.1, 0.15) is 0 Å². The van der Waals surface area contributed by atoms with Crippen LogP contribution in [0.4, 0.5) is 0 Å². The summed E-state index contributed by atoms with van der Waals surface area (Å²) in [5.41, 5.74) is 2.11. The Morgan fingerprint density at radius 3 is 2.75 bits per heavy atom. The van der Waals surface area contributed by atoms with Crippen molar-refractivity contribution < 1.29 is 0 Å². The van der Waals surface area contributed by atoms with E-state index in [9.17, 15) is 0 Å². The van der Waals surface area contributed by atoms with Gasteiger partial charge in [-0.15, -0.1) is 0 Å². The summed E-state index contributed by atoms with van der Waals surface area (Å²) >= 11 is 3.45. The van der Waals surface area contributed by atoms with Crippen molar-refractivity contribution in [3.05, 3.63) is 47.3 Å². The van der Waals surface area contributed by atoms with Gasteiger partial charge in [0.15, 0.2) is 5.82 Å². The maximum atomic E-state index is 4.25. The number of aromatic nitrogens is 3. The second-order valence-corrected chi connectivity index (χ2v) is 4.38. The molecule has 0 radical (unpaired) electrons. The average molecular weight is 274 g/mol. The number of hydrogen-bond donors (Lipinski definition) is 1. The molecule has 3 aromatic rings. The van der Waals surface area contributed by atoms with Crippen molar-refractivity contribution in [3.63, 3.8) is 0 Å². The summed E-state index contributed by atoms with van der Waals surface area (Å²) in [5, 5.41) is 1.13. The molecule has 0 saturated heterocycles. The molecule has 0 spiro atoms. The van der Waals surface area contributed by atoms with Crippen molar-refractivity contribution in [1.82, 2.24) is 15.0 Å². The summed E-state index contributed by atoms with van der Waals surface area (Å²) in [6.07, 6.45) is 5.44. The number of rotatable bonds is 1. The highest BCUT2D eigenvalue weighted by Gasteiger charge is 2.07. The Balaban J connectivity index is 2.26. The fraction of sp³-hybridized carbons (Fsp3) is 0. The Bertz CT molecular complexity index is 631. The van der Waals surface area contributed by atoms with Crippen molar-refractivity contribution in [1.29, 1.82) is 0 Å². The first-order chi connectivity index (χ1) is 7.84. The van der Waals surface area contributed by atoms with Crippen molar-refractivity contribution in [2.75, 3.05) is 0 Å². The molecule has 1 aromatic carbocycles. The molecule has 0 bridgehead atoms. The van der Waals surface area contributed by atoms with E-state index in [0.29, 0.717) is 0 Å². The highest BCUT2D eigenvalue weighted by molar-refractivity contribution is 9.10. The van der Waals surface area contributed by atoms with Crippen LogP contribution in [0.5, 0.6) is 0 Å². The molecule has 0 aliphatic rings. The zero-order chi connectivity index (χ0) is 11.0. The predicted molar refractivity (Wildman–Crippen MR) is 67.0 cm³/mol. The molecule has 1 N–H and O–H groups in total. The molecule has 0 fully saturated rings. The van der Waals surface area contributed by atoms with Crippen LogP contribution in [0.15, 0.2) is 47.3 Å². The molecule has 0 unspecified atom stereocenters. The lowest BCUT2D eigenvalue weighted by atomic mass is 10.1. The van der Waals surface area contributed by atoms with Crippen LogP contribution in [-0.2, 0) is 0 Å². The summed E-state index contributed by atoms with van der Waals surface area (Å²) in [4.78, 5) is 11.7. The zero-order valence-electron chi connectivity index (χ0n) is 8.31. The molecule has 0 aliphatic heterocycles. The summed E-state index contributed by atoms with van der Waals surface area (Å²) in [6, 6.07) is 7.93. The van der Waals surface area contributed by atoms with Gasteiger partial charge in [-0.1, -0.05) is 22.0 Å². The van der Waals surface area contributed by atoms with Crippen molar-refractivity contribution >= 4 is 26.8 Å². The lowest BCUT2D eigenvalue weighted by Crippen LogP contribution is -1.84. The second kappa shape index (κ2) is 3.72. The van der Waals surface area contributed by atoms with Gasteiger partial charge in [-0.25, -0.2) is 9.97 Å². The summed E-state index contributed by atoms with van der Waals surface area (Å²) in [7, 11) is 0. The van der Waals surface area contributed by atoms with Crippen LogP contribution in [0.2, 0.25) is 0 Å². The van der Waals surface area contributed by atoms with E-state index in [1.807, 2.05) is 24.4 Å². The van der Waals surface area contributed by atoms with Gasteiger partial charge in [-0.2, -0.15) is 0 Å². The summed E-state index contributed by atoms with van der Waals surface area (Å²) in [5.74, 6) is 0.746. The van der Waals surface area contributed by atoms with Gasteiger partial charge in [0, 0.05) is 39.5 Å². The third-order valence-corrected chi connectivity index (χ3v) is 2.94. The topological polar surface area (TPSA) is 41.6 Å². The smallest absolute Gasteiger partial charge is 0.161 e. The van der Waals surface area contributed by atoms with Gasteiger partial charge in [0.25, 0.3) is 0 Å². The SMILES string of the molecule is Brc1ccc2c(-c3ncccn3)c[nH]c2c1. The molecular formula is C12H8BrN3. The van der Waals surface area contributed by atoms with E-state index in [1.165, 1.54) is 0 Å². The standard InChI is InChI=1S/C12H8BrN3/c13-8-2-3-9-10(7-16-11(9)6-8)12-14-4-1-5-15-12/h1-7,16H. The van der Waals surface area contributed by atoms with Gasteiger partial charge in [-0.3, -0.25) is 0 Å². The Labute approximate surface area is 101 Å². The van der Waals surface area contributed by atoms with E-state index < -0.39 is 0 Å². The zero-order valence-corrected chi connectivity index (χ0v) is 9.90. The van der Waals surface area contributed by atoms with Crippen LogP contribution in [-0.4, -0.2) is 15.0 Å². The first-order valence-electron chi connectivity index (χ1n) is 4.88. The monoisotopic (exact) mass is 273 g/mol. The normalized spacial score (nSPS) is 10.8. The lowest BCUT2D eigenvalue weighted by molar-refractivity contribution is 1.18. The minimum absolute atomic E-state index is 0.746. The molecule has 0 saturated carbocycles. The van der Waals surface area contributed by atoms with Crippen LogP contribution >= 0.6 is 15.9 Å². The number of hydrogen-bond acceptors (Lipinski definition) is 2.